The van der Waals surface area contributed by atoms with Crippen LogP contribution in [-0.2, 0) is 9.59 Å². The molecule has 2 N–H and O–H groups in total. The molecule has 0 aliphatic heterocycles. The fourth-order valence-electron chi connectivity index (χ4n) is 2.75. The number of ketones is 1. The average Bonchev–Trinajstić information content (AvgIpc) is 2.67. The van der Waals surface area contributed by atoms with Crippen molar-refractivity contribution in [3.63, 3.8) is 0 Å². The molecule has 0 spiro atoms. The minimum atomic E-state index is -0.333. The van der Waals surface area contributed by atoms with Crippen molar-refractivity contribution in [1.29, 1.82) is 0 Å². The molecule has 0 aliphatic rings. The molecule has 0 heterocycles. The molecule has 2 atom stereocenters. The molecule has 4 heteroatoms. The fourth-order valence-corrected chi connectivity index (χ4v) is 2.75. The number of hydrogen-bond acceptors (Lipinski definition) is 4. The smallest absolute Gasteiger partial charge is 0.151 e. The number of hydrogen-bond donors (Lipinski definition) is 2. The minimum Gasteiger partial charge on any atom is -0.303 e. The number of carbonyl (C=O) groups excluding carboxylic acids is 2. The number of aryl methyl sites for hydroxylation is 1. The van der Waals surface area contributed by atoms with Gasteiger partial charge in [-0.3, -0.25) is 4.79 Å². The number of benzene rings is 2. The van der Waals surface area contributed by atoms with Crippen molar-refractivity contribution >= 4 is 12.1 Å². The third-order valence-electron chi connectivity index (χ3n) is 4.04. The second kappa shape index (κ2) is 13.8. The van der Waals surface area contributed by atoms with Crippen molar-refractivity contribution < 1.29 is 9.59 Å². The highest BCUT2D eigenvalue weighted by atomic mass is 16.1. The molecule has 148 valence electrons. The van der Waals surface area contributed by atoms with Crippen molar-refractivity contribution in [3.8, 4) is 0 Å². The lowest BCUT2D eigenvalue weighted by molar-refractivity contribution is -0.119. The van der Waals surface area contributed by atoms with Crippen LogP contribution in [0.4, 0.5) is 0 Å². The van der Waals surface area contributed by atoms with E-state index in [0.29, 0.717) is 13.1 Å². The first-order chi connectivity index (χ1) is 12.6. The van der Waals surface area contributed by atoms with Crippen LogP contribution in [0.15, 0.2) is 54.6 Å². The summed E-state index contributed by atoms with van der Waals surface area (Å²) in [5.74, 6) is 0.0760. The summed E-state index contributed by atoms with van der Waals surface area (Å²) in [5.41, 5.74) is 3.02. The van der Waals surface area contributed by atoms with Crippen LogP contribution in [0, 0.1) is 6.92 Å². The third-order valence-corrected chi connectivity index (χ3v) is 4.04. The second-order valence-corrected chi connectivity index (χ2v) is 5.83. The van der Waals surface area contributed by atoms with Crippen LogP contribution in [0.1, 0.15) is 57.0 Å². The number of carbonyl (C=O) groups is 2. The van der Waals surface area contributed by atoms with Gasteiger partial charge in [-0.25, -0.2) is 0 Å². The summed E-state index contributed by atoms with van der Waals surface area (Å²) >= 11 is 0. The largest absolute Gasteiger partial charge is 0.303 e. The van der Waals surface area contributed by atoms with E-state index >= 15 is 0 Å². The summed E-state index contributed by atoms with van der Waals surface area (Å²) in [5, 5.41) is 6.48. The van der Waals surface area contributed by atoms with Gasteiger partial charge in [0.05, 0.1) is 12.1 Å². The number of Topliss-reactive ketones (excluding diaryl/α,β-unsaturated/α-hetero) is 1. The van der Waals surface area contributed by atoms with Crippen molar-refractivity contribution in [2.75, 3.05) is 13.1 Å². The zero-order valence-electron chi connectivity index (χ0n) is 16.2. The Balaban J connectivity index is 0.00000218. The van der Waals surface area contributed by atoms with E-state index in [1.165, 1.54) is 0 Å². The number of nitrogens with one attached hydrogen (secondary N) is 2. The summed E-state index contributed by atoms with van der Waals surface area (Å²) in [6.45, 7) is 8.76. The summed E-state index contributed by atoms with van der Waals surface area (Å²) in [7, 11) is 0. The maximum atomic E-state index is 11.9. The van der Waals surface area contributed by atoms with E-state index in [1.807, 2.05) is 75.4 Å². The first-order valence-electron chi connectivity index (χ1n) is 9.16. The Hall–Kier alpha value is -2.30. The van der Waals surface area contributed by atoms with Crippen LogP contribution in [0.3, 0.4) is 0 Å². The molecular weight excluding hydrogens is 336 g/mol. The Morgan fingerprint density at radius 1 is 0.963 bits per heavy atom. The molecule has 0 radical (unpaired) electrons. The Bertz CT molecular complexity index is 671. The first-order valence-corrected chi connectivity index (χ1v) is 9.16. The van der Waals surface area contributed by atoms with E-state index < -0.39 is 0 Å². The minimum absolute atomic E-state index is 0. The molecule has 2 rings (SSSR count). The molecule has 2 aromatic carbocycles. The number of aldehydes is 1. The molecule has 27 heavy (non-hydrogen) atoms. The van der Waals surface area contributed by atoms with Gasteiger partial charge >= 0.3 is 0 Å². The van der Waals surface area contributed by atoms with Crippen molar-refractivity contribution in [2.24, 2.45) is 0 Å². The van der Waals surface area contributed by atoms with Gasteiger partial charge in [0.2, 0.25) is 0 Å². The predicted octanol–water partition coefficient (Wildman–Crippen LogP) is 4.41. The van der Waals surface area contributed by atoms with E-state index in [0.717, 1.165) is 23.0 Å². The van der Waals surface area contributed by atoms with Gasteiger partial charge < -0.3 is 15.4 Å². The Kier molecular flexibility index (Phi) is 12.7. The van der Waals surface area contributed by atoms with E-state index in [9.17, 15) is 9.59 Å². The van der Waals surface area contributed by atoms with Gasteiger partial charge in [0.1, 0.15) is 6.29 Å². The zero-order valence-corrected chi connectivity index (χ0v) is 16.2. The molecular formula is C23H34N2O2. The summed E-state index contributed by atoms with van der Waals surface area (Å²) in [6.07, 6.45) is 0.919. The molecule has 0 saturated carbocycles. The van der Waals surface area contributed by atoms with Gasteiger partial charge in [-0.2, -0.15) is 0 Å². The van der Waals surface area contributed by atoms with Crippen molar-refractivity contribution in [3.05, 3.63) is 71.3 Å². The molecule has 2 aromatic rings. The Labute approximate surface area is 164 Å². The molecule has 2 unspecified atom stereocenters. The zero-order chi connectivity index (χ0) is 19.4. The maximum absolute atomic E-state index is 11.9. The van der Waals surface area contributed by atoms with Crippen LogP contribution >= 0.6 is 0 Å². The monoisotopic (exact) mass is 370 g/mol. The maximum Gasteiger partial charge on any atom is 0.151 e. The highest BCUT2D eigenvalue weighted by Crippen LogP contribution is 2.15. The Morgan fingerprint density at radius 3 is 2.07 bits per heavy atom. The van der Waals surface area contributed by atoms with Gasteiger partial charge in [-0.15, -0.1) is 0 Å². The van der Waals surface area contributed by atoms with E-state index in [4.69, 9.17) is 0 Å². The van der Waals surface area contributed by atoms with Crippen LogP contribution < -0.4 is 10.6 Å². The highest BCUT2D eigenvalue weighted by molar-refractivity contribution is 5.82. The lowest BCUT2D eigenvalue weighted by Crippen LogP contribution is -2.35. The third kappa shape index (κ3) is 7.85. The predicted molar refractivity (Wildman–Crippen MR) is 114 cm³/mol. The van der Waals surface area contributed by atoms with Gasteiger partial charge in [0.15, 0.2) is 5.78 Å². The summed E-state index contributed by atoms with van der Waals surface area (Å²) in [4.78, 5) is 23.2. The van der Waals surface area contributed by atoms with Crippen LogP contribution in [-0.4, -0.2) is 25.2 Å². The standard InChI is InChI=1S/C20H24N2O2.C2H6.CH4/c1-15-8-6-7-11-18(15)19(14-23)21-12-13-22-20(16(2)24)17-9-4-3-5-10-17;1-2;/h3-11,14,19-22H,12-13H2,1-2H3;1-2H3;1H4. The Morgan fingerprint density at radius 2 is 1.52 bits per heavy atom. The van der Waals surface area contributed by atoms with Gasteiger partial charge in [-0.05, 0) is 30.5 Å². The van der Waals surface area contributed by atoms with Crippen LogP contribution in [0.25, 0.3) is 0 Å². The molecule has 0 aliphatic carbocycles. The van der Waals surface area contributed by atoms with E-state index in [1.54, 1.807) is 6.92 Å². The molecule has 0 saturated heterocycles. The topological polar surface area (TPSA) is 58.2 Å². The SMILES string of the molecule is C.CC.CC(=O)C(NCCNC(C=O)c1ccccc1C)c1ccccc1. The van der Waals surface area contributed by atoms with Crippen molar-refractivity contribution in [2.45, 2.75) is 47.2 Å². The second-order valence-electron chi connectivity index (χ2n) is 5.83. The summed E-state index contributed by atoms with van der Waals surface area (Å²) < 4.78 is 0. The van der Waals surface area contributed by atoms with Crippen LogP contribution in [0.2, 0.25) is 0 Å². The molecule has 0 fully saturated rings. The van der Waals surface area contributed by atoms with E-state index in [2.05, 4.69) is 10.6 Å². The molecule has 4 nitrogen and oxygen atoms in total. The number of rotatable bonds is 9. The first kappa shape index (κ1) is 24.7. The normalized spacial score (nSPS) is 12.0. The highest BCUT2D eigenvalue weighted by Gasteiger charge is 2.16. The molecule has 0 bridgehead atoms. The van der Waals surface area contributed by atoms with E-state index in [-0.39, 0.29) is 25.3 Å². The fraction of sp³-hybridized carbons (Fsp3) is 0.391. The van der Waals surface area contributed by atoms with Crippen LogP contribution in [0.5, 0.6) is 0 Å². The van der Waals surface area contributed by atoms with Crippen molar-refractivity contribution in [1.82, 2.24) is 10.6 Å². The molecule has 0 amide bonds. The lowest BCUT2D eigenvalue weighted by Gasteiger charge is -2.19. The van der Waals surface area contributed by atoms with Gasteiger partial charge in [0.25, 0.3) is 0 Å². The average molecular weight is 371 g/mol. The quantitative estimate of drug-likeness (QED) is 0.507. The van der Waals surface area contributed by atoms with Gasteiger partial charge in [0, 0.05) is 13.1 Å². The lowest BCUT2D eigenvalue weighted by atomic mass is 10.0. The van der Waals surface area contributed by atoms with Gasteiger partial charge in [-0.1, -0.05) is 75.9 Å². The summed E-state index contributed by atoms with van der Waals surface area (Å²) in [6, 6.07) is 16.8. The molecule has 0 aromatic heterocycles.